The number of aromatic nitrogens is 1. The summed E-state index contributed by atoms with van der Waals surface area (Å²) in [5.41, 5.74) is 6.01. The fourth-order valence-corrected chi connectivity index (χ4v) is 1.52. The van der Waals surface area contributed by atoms with Crippen molar-refractivity contribution in [3.05, 3.63) is 12.1 Å². The molecular weight excluding hydrogens is 242 g/mol. The molecule has 1 rings (SSSR count). The summed E-state index contributed by atoms with van der Waals surface area (Å²) in [6, 6.07) is 3.50. The predicted octanol–water partition coefficient (Wildman–Crippen LogP) is 2.27. The first-order valence-electron chi connectivity index (χ1n) is 6.56. The molecule has 5 heteroatoms. The number of ether oxygens (including phenoxy) is 1. The molecule has 0 spiro atoms. The molecule has 1 atom stereocenters. The Morgan fingerprint density at radius 1 is 1.37 bits per heavy atom. The van der Waals surface area contributed by atoms with Gasteiger partial charge in [-0.15, -0.1) is 0 Å². The summed E-state index contributed by atoms with van der Waals surface area (Å²) in [6.45, 7) is 9.96. The largest absolute Gasteiger partial charge is 0.470 e. The maximum atomic E-state index is 9.32. The van der Waals surface area contributed by atoms with Gasteiger partial charge in [0.1, 0.15) is 11.4 Å². The quantitative estimate of drug-likeness (QED) is 0.762. The van der Waals surface area contributed by atoms with Crippen molar-refractivity contribution in [2.24, 2.45) is 5.92 Å². The van der Waals surface area contributed by atoms with Crippen LogP contribution in [-0.2, 0) is 0 Å². The van der Waals surface area contributed by atoms with Crippen LogP contribution in [0.15, 0.2) is 12.1 Å². The number of rotatable bonds is 5. The highest BCUT2D eigenvalue weighted by atomic mass is 16.5. The van der Waals surface area contributed by atoms with Gasteiger partial charge in [-0.1, -0.05) is 13.8 Å². The molecule has 0 amide bonds. The second-order valence-electron chi connectivity index (χ2n) is 5.98. The van der Waals surface area contributed by atoms with E-state index in [4.69, 9.17) is 10.5 Å². The molecule has 0 unspecified atom stereocenters. The van der Waals surface area contributed by atoms with Crippen molar-refractivity contribution < 1.29 is 9.84 Å². The van der Waals surface area contributed by atoms with E-state index in [9.17, 15) is 5.11 Å². The lowest BCUT2D eigenvalue weighted by atomic mass is 10.1. The van der Waals surface area contributed by atoms with Crippen molar-refractivity contribution in [1.29, 1.82) is 0 Å². The Hall–Kier alpha value is -1.49. The Morgan fingerprint density at radius 3 is 2.47 bits per heavy atom. The number of hydrogen-bond donors (Lipinski definition) is 3. The highest BCUT2D eigenvalue weighted by Crippen LogP contribution is 2.25. The molecule has 0 radical (unpaired) electrons. The molecule has 0 bridgehead atoms. The summed E-state index contributed by atoms with van der Waals surface area (Å²) in [5, 5.41) is 12.5. The van der Waals surface area contributed by atoms with Crippen LogP contribution >= 0.6 is 0 Å². The summed E-state index contributed by atoms with van der Waals surface area (Å²) < 4.78 is 5.71. The van der Waals surface area contributed by atoms with Crippen LogP contribution in [0.25, 0.3) is 0 Å². The molecule has 0 aromatic carbocycles. The summed E-state index contributed by atoms with van der Waals surface area (Å²) >= 11 is 0. The smallest absolute Gasteiger partial charge is 0.239 e. The molecule has 0 fully saturated rings. The molecular formula is C14H25N3O2. The van der Waals surface area contributed by atoms with Gasteiger partial charge < -0.3 is 20.9 Å². The standard InChI is InChI=1S/C14H25N3O2/c1-9(2)11(8-18)16-12-7-6-10(15)13(17-12)19-14(3,4)5/h6-7,9,11,18H,8,15H2,1-5H3,(H,16,17)/t11-/m1/s1. The van der Waals surface area contributed by atoms with Gasteiger partial charge in [-0.2, -0.15) is 4.98 Å². The van der Waals surface area contributed by atoms with Gasteiger partial charge >= 0.3 is 0 Å². The van der Waals surface area contributed by atoms with Gasteiger partial charge in [0.2, 0.25) is 5.88 Å². The van der Waals surface area contributed by atoms with E-state index < -0.39 is 0 Å². The van der Waals surface area contributed by atoms with Crippen LogP contribution in [0.4, 0.5) is 11.5 Å². The van der Waals surface area contributed by atoms with Crippen molar-refractivity contribution in [3.63, 3.8) is 0 Å². The Bertz CT molecular complexity index is 414. The number of nitrogens with one attached hydrogen (secondary N) is 1. The van der Waals surface area contributed by atoms with Crippen LogP contribution in [0.5, 0.6) is 5.88 Å². The molecule has 0 aliphatic rings. The van der Waals surface area contributed by atoms with Gasteiger partial charge in [0, 0.05) is 0 Å². The maximum Gasteiger partial charge on any atom is 0.239 e. The van der Waals surface area contributed by atoms with Gasteiger partial charge in [0.15, 0.2) is 0 Å². The number of nitrogens with zero attached hydrogens (tertiary/aromatic N) is 1. The molecule has 0 saturated heterocycles. The highest BCUT2D eigenvalue weighted by molar-refractivity contribution is 5.54. The Morgan fingerprint density at radius 2 is 2.00 bits per heavy atom. The van der Waals surface area contributed by atoms with Crippen LogP contribution in [0.1, 0.15) is 34.6 Å². The molecule has 1 aromatic heterocycles. The molecule has 0 saturated carbocycles. The predicted molar refractivity (Wildman–Crippen MR) is 78.4 cm³/mol. The van der Waals surface area contributed by atoms with Crippen molar-refractivity contribution in [2.45, 2.75) is 46.3 Å². The van der Waals surface area contributed by atoms with Gasteiger partial charge in [0.05, 0.1) is 18.3 Å². The Kier molecular flexibility index (Phi) is 5.00. The fraction of sp³-hybridized carbons (Fsp3) is 0.643. The van der Waals surface area contributed by atoms with E-state index in [2.05, 4.69) is 10.3 Å². The number of aliphatic hydroxyl groups is 1. The van der Waals surface area contributed by atoms with Crippen LogP contribution in [-0.4, -0.2) is 28.3 Å². The lowest BCUT2D eigenvalue weighted by Gasteiger charge is -2.24. The minimum Gasteiger partial charge on any atom is -0.470 e. The first-order chi connectivity index (χ1) is 8.73. The zero-order valence-corrected chi connectivity index (χ0v) is 12.4. The van der Waals surface area contributed by atoms with Crippen molar-refractivity contribution >= 4 is 11.5 Å². The van der Waals surface area contributed by atoms with Gasteiger partial charge in [-0.05, 0) is 38.8 Å². The normalized spacial score (nSPS) is 13.4. The SMILES string of the molecule is CC(C)[C@@H](CO)Nc1ccc(N)c(OC(C)(C)C)n1. The molecule has 1 aromatic rings. The monoisotopic (exact) mass is 267 g/mol. The lowest BCUT2D eigenvalue weighted by molar-refractivity contribution is 0.125. The zero-order chi connectivity index (χ0) is 14.6. The summed E-state index contributed by atoms with van der Waals surface area (Å²) in [7, 11) is 0. The second kappa shape index (κ2) is 6.10. The average molecular weight is 267 g/mol. The summed E-state index contributed by atoms with van der Waals surface area (Å²) in [4.78, 5) is 4.36. The Labute approximate surface area is 115 Å². The minimum atomic E-state index is -0.353. The molecule has 0 aliphatic heterocycles. The van der Waals surface area contributed by atoms with Crippen LogP contribution < -0.4 is 15.8 Å². The van der Waals surface area contributed by atoms with E-state index in [0.717, 1.165) is 0 Å². The second-order valence-corrected chi connectivity index (χ2v) is 5.98. The number of nitrogens with two attached hydrogens (primary N) is 1. The third kappa shape index (κ3) is 4.95. The van der Waals surface area contributed by atoms with E-state index in [1.54, 1.807) is 12.1 Å². The molecule has 4 N–H and O–H groups in total. The maximum absolute atomic E-state index is 9.32. The molecule has 5 nitrogen and oxygen atoms in total. The van der Waals surface area contributed by atoms with E-state index >= 15 is 0 Å². The van der Waals surface area contributed by atoms with Crippen molar-refractivity contribution in [3.8, 4) is 5.88 Å². The van der Waals surface area contributed by atoms with E-state index in [1.165, 1.54) is 0 Å². The van der Waals surface area contributed by atoms with Gasteiger partial charge in [-0.25, -0.2) is 0 Å². The number of anilines is 2. The highest BCUT2D eigenvalue weighted by Gasteiger charge is 2.17. The van der Waals surface area contributed by atoms with E-state index in [-0.39, 0.29) is 18.2 Å². The zero-order valence-electron chi connectivity index (χ0n) is 12.4. The molecule has 0 aliphatic carbocycles. The molecule has 108 valence electrons. The third-order valence-corrected chi connectivity index (χ3v) is 2.63. The van der Waals surface area contributed by atoms with Crippen molar-refractivity contribution in [2.75, 3.05) is 17.7 Å². The lowest BCUT2D eigenvalue weighted by Crippen LogP contribution is -2.30. The third-order valence-electron chi connectivity index (χ3n) is 2.63. The average Bonchev–Trinajstić information content (AvgIpc) is 2.27. The first-order valence-corrected chi connectivity index (χ1v) is 6.56. The van der Waals surface area contributed by atoms with E-state index in [0.29, 0.717) is 23.3 Å². The fourth-order valence-electron chi connectivity index (χ4n) is 1.52. The van der Waals surface area contributed by atoms with Crippen molar-refractivity contribution in [1.82, 2.24) is 4.98 Å². The number of nitrogen functional groups attached to an aromatic ring is 1. The topological polar surface area (TPSA) is 80.4 Å². The summed E-state index contributed by atoms with van der Waals surface area (Å²) in [5.74, 6) is 1.37. The Balaban J connectivity index is 2.89. The molecule has 19 heavy (non-hydrogen) atoms. The van der Waals surface area contributed by atoms with Gasteiger partial charge in [-0.3, -0.25) is 0 Å². The number of aliphatic hydroxyl groups excluding tert-OH is 1. The van der Waals surface area contributed by atoms with Crippen LogP contribution in [0.2, 0.25) is 0 Å². The van der Waals surface area contributed by atoms with Crippen LogP contribution in [0, 0.1) is 5.92 Å². The number of hydrogen-bond acceptors (Lipinski definition) is 5. The first kappa shape index (κ1) is 15.6. The number of pyridine rings is 1. The van der Waals surface area contributed by atoms with Crippen LogP contribution in [0.3, 0.4) is 0 Å². The van der Waals surface area contributed by atoms with Gasteiger partial charge in [0.25, 0.3) is 0 Å². The summed E-state index contributed by atoms with van der Waals surface area (Å²) in [6.07, 6.45) is 0. The minimum absolute atomic E-state index is 0.0430. The van der Waals surface area contributed by atoms with E-state index in [1.807, 2.05) is 34.6 Å². The molecule has 1 heterocycles.